The maximum absolute atomic E-state index is 3.46. The van der Waals surface area contributed by atoms with Crippen molar-refractivity contribution in [3.05, 3.63) is 35.4 Å². The van der Waals surface area contributed by atoms with Crippen LogP contribution in [0.4, 0.5) is 0 Å². The molecule has 102 valence electrons. The summed E-state index contributed by atoms with van der Waals surface area (Å²) in [5.41, 5.74) is 2.79. The molecule has 1 aromatic rings. The van der Waals surface area contributed by atoms with Gasteiger partial charge in [-0.25, -0.2) is 0 Å². The number of nitrogens with one attached hydrogen (secondary N) is 1. The summed E-state index contributed by atoms with van der Waals surface area (Å²) < 4.78 is 0. The second-order valence-electron chi connectivity index (χ2n) is 5.44. The number of benzene rings is 1. The molecule has 0 aliphatic heterocycles. The van der Waals surface area contributed by atoms with E-state index in [1.165, 1.54) is 17.7 Å². The summed E-state index contributed by atoms with van der Waals surface area (Å²) in [6.45, 7) is 12.4. The Kier molecular flexibility index (Phi) is 6.37. The Balaban J connectivity index is 2.75. The zero-order chi connectivity index (χ0) is 13.5. The molecule has 1 aromatic carbocycles. The number of hydrogen-bond acceptors (Lipinski definition) is 2. The number of aryl methyl sites for hydroxylation is 1. The van der Waals surface area contributed by atoms with E-state index in [-0.39, 0.29) is 0 Å². The van der Waals surface area contributed by atoms with Crippen LogP contribution in [0.15, 0.2) is 24.3 Å². The van der Waals surface area contributed by atoms with Crippen LogP contribution in [0.1, 0.15) is 37.9 Å². The second-order valence-corrected chi connectivity index (χ2v) is 5.44. The van der Waals surface area contributed by atoms with E-state index in [9.17, 15) is 0 Å². The fraction of sp³-hybridized carbons (Fsp3) is 0.625. The van der Waals surface area contributed by atoms with Crippen LogP contribution in [0, 0.1) is 12.8 Å². The van der Waals surface area contributed by atoms with E-state index in [4.69, 9.17) is 0 Å². The highest BCUT2D eigenvalue weighted by atomic mass is 15.1. The topological polar surface area (TPSA) is 15.3 Å². The van der Waals surface area contributed by atoms with Crippen LogP contribution in [0.2, 0.25) is 0 Å². The maximum Gasteiger partial charge on any atom is 0.0449 e. The summed E-state index contributed by atoms with van der Waals surface area (Å²) in [7, 11) is 2.06. The van der Waals surface area contributed by atoms with Gasteiger partial charge in [-0.1, -0.05) is 45.0 Å². The lowest BCUT2D eigenvalue weighted by molar-refractivity contribution is 0.232. The third kappa shape index (κ3) is 4.43. The molecule has 0 radical (unpaired) electrons. The van der Waals surface area contributed by atoms with E-state index in [1.54, 1.807) is 0 Å². The predicted octanol–water partition coefficient (Wildman–Crippen LogP) is 3.23. The zero-order valence-electron chi connectivity index (χ0n) is 12.5. The number of hydrogen-bond donors (Lipinski definition) is 1. The Morgan fingerprint density at radius 1 is 1.17 bits per heavy atom. The largest absolute Gasteiger partial charge is 0.312 e. The minimum atomic E-state index is 0.421. The molecule has 0 fully saturated rings. The minimum absolute atomic E-state index is 0.421. The van der Waals surface area contributed by atoms with E-state index in [2.05, 4.69) is 69.2 Å². The molecule has 0 saturated carbocycles. The van der Waals surface area contributed by atoms with Crippen molar-refractivity contribution in [2.24, 2.45) is 5.92 Å². The van der Waals surface area contributed by atoms with Crippen molar-refractivity contribution in [2.45, 2.75) is 33.7 Å². The lowest BCUT2D eigenvalue weighted by Crippen LogP contribution is -2.36. The molecule has 1 atom stereocenters. The lowest BCUT2D eigenvalue weighted by atomic mass is 10.0. The molecule has 1 rings (SSSR count). The van der Waals surface area contributed by atoms with E-state index < -0.39 is 0 Å². The highest BCUT2D eigenvalue weighted by molar-refractivity contribution is 5.28. The monoisotopic (exact) mass is 248 g/mol. The predicted molar refractivity (Wildman–Crippen MR) is 79.9 cm³/mol. The van der Waals surface area contributed by atoms with Gasteiger partial charge in [-0.15, -0.1) is 0 Å². The van der Waals surface area contributed by atoms with Crippen LogP contribution in [-0.4, -0.2) is 31.6 Å². The Morgan fingerprint density at radius 3 is 2.33 bits per heavy atom. The van der Waals surface area contributed by atoms with Gasteiger partial charge in [0.05, 0.1) is 0 Å². The molecule has 2 nitrogen and oxygen atoms in total. The SMILES string of the molecule is CCN(CC(C)C)CC(NC)c1ccccc1C. The van der Waals surface area contributed by atoms with Crippen LogP contribution in [0.25, 0.3) is 0 Å². The fourth-order valence-electron chi connectivity index (χ4n) is 2.43. The van der Waals surface area contributed by atoms with Crippen molar-refractivity contribution in [3.63, 3.8) is 0 Å². The highest BCUT2D eigenvalue weighted by Gasteiger charge is 2.15. The van der Waals surface area contributed by atoms with Crippen molar-refractivity contribution in [1.29, 1.82) is 0 Å². The van der Waals surface area contributed by atoms with Gasteiger partial charge in [0.15, 0.2) is 0 Å². The zero-order valence-corrected chi connectivity index (χ0v) is 12.5. The van der Waals surface area contributed by atoms with Crippen molar-refractivity contribution >= 4 is 0 Å². The number of rotatable bonds is 7. The molecular formula is C16H28N2. The first kappa shape index (κ1) is 15.2. The molecule has 0 amide bonds. The van der Waals surface area contributed by atoms with E-state index in [0.717, 1.165) is 19.0 Å². The van der Waals surface area contributed by atoms with Gasteiger partial charge in [-0.2, -0.15) is 0 Å². The van der Waals surface area contributed by atoms with Gasteiger partial charge in [0.1, 0.15) is 0 Å². The average Bonchev–Trinajstić information content (AvgIpc) is 2.35. The average molecular weight is 248 g/mol. The number of likely N-dealkylation sites (N-methyl/N-ethyl adjacent to an activating group) is 2. The van der Waals surface area contributed by atoms with Crippen LogP contribution in [-0.2, 0) is 0 Å². The first-order chi connectivity index (χ1) is 8.58. The van der Waals surface area contributed by atoms with E-state index in [0.29, 0.717) is 6.04 Å². The van der Waals surface area contributed by atoms with E-state index in [1.807, 2.05) is 0 Å². The quantitative estimate of drug-likeness (QED) is 0.797. The third-order valence-electron chi connectivity index (χ3n) is 3.42. The molecule has 0 spiro atoms. The number of nitrogens with zero attached hydrogens (tertiary/aromatic N) is 1. The summed E-state index contributed by atoms with van der Waals surface area (Å²) in [4.78, 5) is 2.53. The molecule has 0 bridgehead atoms. The molecule has 18 heavy (non-hydrogen) atoms. The van der Waals surface area contributed by atoms with Crippen LogP contribution in [0.3, 0.4) is 0 Å². The summed E-state index contributed by atoms with van der Waals surface area (Å²) in [6, 6.07) is 9.09. The lowest BCUT2D eigenvalue weighted by Gasteiger charge is -2.28. The van der Waals surface area contributed by atoms with Crippen LogP contribution >= 0.6 is 0 Å². The maximum atomic E-state index is 3.46. The van der Waals surface area contributed by atoms with Gasteiger partial charge in [0.2, 0.25) is 0 Å². The summed E-state index contributed by atoms with van der Waals surface area (Å²) >= 11 is 0. The standard InChI is InChI=1S/C16H28N2/c1-6-18(11-13(2)3)12-16(17-5)15-10-8-7-9-14(15)4/h7-10,13,16-17H,6,11-12H2,1-5H3. The van der Waals surface area contributed by atoms with Gasteiger partial charge in [0.25, 0.3) is 0 Å². The molecule has 0 aliphatic carbocycles. The van der Waals surface area contributed by atoms with Crippen molar-refractivity contribution in [3.8, 4) is 0 Å². The van der Waals surface area contributed by atoms with Gasteiger partial charge < -0.3 is 10.2 Å². The normalized spacial score (nSPS) is 13.3. The van der Waals surface area contributed by atoms with Crippen LogP contribution in [0.5, 0.6) is 0 Å². The van der Waals surface area contributed by atoms with Crippen molar-refractivity contribution in [2.75, 3.05) is 26.7 Å². The smallest absolute Gasteiger partial charge is 0.0449 e. The molecule has 1 N–H and O–H groups in total. The molecule has 0 heterocycles. The summed E-state index contributed by atoms with van der Waals surface area (Å²) in [6.07, 6.45) is 0. The molecular weight excluding hydrogens is 220 g/mol. The fourth-order valence-corrected chi connectivity index (χ4v) is 2.43. The molecule has 0 aromatic heterocycles. The second kappa shape index (κ2) is 7.55. The Labute approximate surface area is 112 Å². The Morgan fingerprint density at radius 2 is 1.83 bits per heavy atom. The van der Waals surface area contributed by atoms with Gasteiger partial charge in [0, 0.05) is 19.1 Å². The first-order valence-electron chi connectivity index (χ1n) is 7.03. The molecule has 2 heteroatoms. The first-order valence-corrected chi connectivity index (χ1v) is 7.03. The van der Waals surface area contributed by atoms with Crippen LogP contribution < -0.4 is 5.32 Å². The summed E-state index contributed by atoms with van der Waals surface area (Å²) in [5, 5.41) is 3.46. The summed E-state index contributed by atoms with van der Waals surface area (Å²) in [5.74, 6) is 0.722. The molecule has 0 aliphatic rings. The van der Waals surface area contributed by atoms with Gasteiger partial charge in [-0.05, 0) is 37.6 Å². The Bertz CT molecular complexity index is 347. The van der Waals surface area contributed by atoms with Gasteiger partial charge >= 0.3 is 0 Å². The van der Waals surface area contributed by atoms with E-state index >= 15 is 0 Å². The molecule has 0 saturated heterocycles. The third-order valence-corrected chi connectivity index (χ3v) is 3.42. The van der Waals surface area contributed by atoms with Crippen molar-refractivity contribution < 1.29 is 0 Å². The Hall–Kier alpha value is -0.860. The molecule has 1 unspecified atom stereocenters. The highest BCUT2D eigenvalue weighted by Crippen LogP contribution is 2.18. The minimum Gasteiger partial charge on any atom is -0.312 e. The van der Waals surface area contributed by atoms with Crippen molar-refractivity contribution in [1.82, 2.24) is 10.2 Å². The van der Waals surface area contributed by atoms with Gasteiger partial charge in [-0.3, -0.25) is 0 Å².